The van der Waals surface area contributed by atoms with Crippen LogP contribution in [-0.4, -0.2) is 25.1 Å². The molecule has 3 aromatic rings. The summed E-state index contributed by atoms with van der Waals surface area (Å²) in [7, 11) is 1.49. The Kier molecular flexibility index (Phi) is 8.46. The summed E-state index contributed by atoms with van der Waals surface area (Å²) in [6.45, 7) is 7.83. The molecule has 40 heavy (non-hydrogen) atoms. The van der Waals surface area contributed by atoms with Gasteiger partial charge in [-0.2, -0.15) is 5.26 Å². The molecule has 1 aliphatic rings. The molecule has 9 heteroatoms. The maximum Gasteiger partial charge on any atom is 0.242 e. The number of ether oxygens (including phenoxy) is 1. The van der Waals surface area contributed by atoms with Gasteiger partial charge in [0.05, 0.1) is 29.9 Å². The van der Waals surface area contributed by atoms with Crippen LogP contribution in [-0.2, 0) is 10.2 Å². The van der Waals surface area contributed by atoms with Gasteiger partial charge in [-0.05, 0) is 60.2 Å². The van der Waals surface area contributed by atoms with Gasteiger partial charge in [0, 0.05) is 22.5 Å². The van der Waals surface area contributed by atoms with E-state index in [1.807, 2.05) is 33.8 Å². The van der Waals surface area contributed by atoms with Crippen molar-refractivity contribution in [2.45, 2.75) is 57.5 Å². The highest BCUT2D eigenvalue weighted by molar-refractivity contribution is 6.31. The van der Waals surface area contributed by atoms with Gasteiger partial charge in [-0.25, -0.2) is 8.78 Å². The summed E-state index contributed by atoms with van der Waals surface area (Å²) in [5.41, 5.74) is -0.653. The first kappa shape index (κ1) is 29.8. The number of anilines is 1. The van der Waals surface area contributed by atoms with Gasteiger partial charge >= 0.3 is 0 Å². The van der Waals surface area contributed by atoms with Gasteiger partial charge in [-0.1, -0.05) is 68.2 Å². The number of hydrogen-bond acceptors (Lipinski definition) is 4. The minimum Gasteiger partial charge on any atom is -0.495 e. The molecule has 0 aliphatic carbocycles. The fraction of sp³-hybridized carbons (Fsp3) is 0.355. The molecule has 3 aromatic carbocycles. The SMILES string of the molecule is COc1cc(C)ccc1NC(=O)[C@H]1N[C@@H](CC(C)(C)C)[C@](C#N)(c2ccc(Cl)cc2F)[C@H]1c1cccc(Cl)c1F. The Labute approximate surface area is 243 Å². The van der Waals surface area contributed by atoms with Crippen LogP contribution >= 0.6 is 23.2 Å². The number of methoxy groups -OCH3 is 1. The van der Waals surface area contributed by atoms with E-state index in [0.717, 1.165) is 11.6 Å². The Morgan fingerprint density at radius 3 is 2.50 bits per heavy atom. The van der Waals surface area contributed by atoms with Crippen molar-refractivity contribution in [2.24, 2.45) is 5.41 Å². The minimum atomic E-state index is -1.70. The predicted octanol–water partition coefficient (Wildman–Crippen LogP) is 7.55. The predicted molar refractivity (Wildman–Crippen MR) is 154 cm³/mol. The molecule has 0 spiro atoms. The van der Waals surface area contributed by atoms with E-state index in [9.17, 15) is 10.1 Å². The lowest BCUT2D eigenvalue weighted by Gasteiger charge is -2.37. The highest BCUT2D eigenvalue weighted by Crippen LogP contribution is 2.53. The zero-order valence-electron chi connectivity index (χ0n) is 22.9. The second-order valence-corrected chi connectivity index (χ2v) is 12.2. The molecule has 1 aliphatic heterocycles. The second-order valence-electron chi connectivity index (χ2n) is 11.4. The van der Waals surface area contributed by atoms with Crippen molar-refractivity contribution in [1.82, 2.24) is 5.32 Å². The fourth-order valence-corrected chi connectivity index (χ4v) is 6.01. The third-order valence-corrected chi connectivity index (χ3v) is 7.87. The summed E-state index contributed by atoms with van der Waals surface area (Å²) in [6, 6.07) is 14.2. The molecule has 5 nitrogen and oxygen atoms in total. The number of carbonyl (C=O) groups is 1. The molecular formula is C31H31Cl2F2N3O2. The van der Waals surface area contributed by atoms with Crippen molar-refractivity contribution in [3.8, 4) is 11.8 Å². The van der Waals surface area contributed by atoms with E-state index in [2.05, 4.69) is 16.7 Å². The zero-order chi connectivity index (χ0) is 29.4. The third kappa shape index (κ3) is 5.54. The molecular weight excluding hydrogens is 555 g/mol. The van der Waals surface area contributed by atoms with Crippen LogP contribution in [0.4, 0.5) is 14.5 Å². The van der Waals surface area contributed by atoms with Gasteiger partial charge in [0.1, 0.15) is 22.8 Å². The van der Waals surface area contributed by atoms with Gasteiger partial charge in [0.2, 0.25) is 5.91 Å². The summed E-state index contributed by atoms with van der Waals surface area (Å²) in [5.74, 6) is -2.73. The van der Waals surface area contributed by atoms with Crippen LogP contribution in [0.1, 0.15) is 49.8 Å². The van der Waals surface area contributed by atoms with E-state index in [0.29, 0.717) is 17.9 Å². The van der Waals surface area contributed by atoms with E-state index < -0.39 is 41.0 Å². The molecule has 1 fully saturated rings. The van der Waals surface area contributed by atoms with Gasteiger partial charge in [-0.15, -0.1) is 0 Å². The van der Waals surface area contributed by atoms with Gasteiger partial charge < -0.3 is 15.4 Å². The number of aryl methyl sites for hydroxylation is 1. The largest absolute Gasteiger partial charge is 0.495 e. The number of nitriles is 1. The summed E-state index contributed by atoms with van der Waals surface area (Å²) in [4.78, 5) is 14.0. The van der Waals surface area contributed by atoms with Crippen LogP contribution in [0.25, 0.3) is 0 Å². The van der Waals surface area contributed by atoms with Crippen molar-refractivity contribution in [1.29, 1.82) is 5.26 Å². The van der Waals surface area contributed by atoms with Crippen LogP contribution < -0.4 is 15.4 Å². The molecule has 0 radical (unpaired) electrons. The first-order valence-corrected chi connectivity index (χ1v) is 13.6. The lowest BCUT2D eigenvalue weighted by atomic mass is 9.62. The van der Waals surface area contributed by atoms with Crippen molar-refractivity contribution in [3.05, 3.63) is 93.0 Å². The van der Waals surface area contributed by atoms with Crippen molar-refractivity contribution < 1.29 is 18.3 Å². The molecule has 0 unspecified atom stereocenters. The maximum atomic E-state index is 15.8. The van der Waals surface area contributed by atoms with Crippen LogP contribution in [0, 0.1) is 35.3 Å². The molecule has 0 bridgehead atoms. The summed E-state index contributed by atoms with van der Waals surface area (Å²) >= 11 is 12.3. The fourth-order valence-electron chi connectivity index (χ4n) is 5.67. The molecule has 1 saturated heterocycles. The van der Waals surface area contributed by atoms with Crippen LogP contribution in [0.3, 0.4) is 0 Å². The Morgan fingerprint density at radius 1 is 1.15 bits per heavy atom. The first-order chi connectivity index (χ1) is 18.8. The number of nitrogens with zero attached hydrogens (tertiary/aromatic N) is 1. The Morgan fingerprint density at radius 2 is 1.88 bits per heavy atom. The van der Waals surface area contributed by atoms with Gasteiger partial charge in [0.15, 0.2) is 0 Å². The minimum absolute atomic E-state index is 0.0220. The standard InChI is InChI=1S/C31H31Cl2F2N3O2/c1-17-9-12-23(24(13-17)40-5)37-29(39)28-26(19-7-6-8-21(33)27(19)35)31(16-36,25(38-28)15-30(2,3)4)20-11-10-18(32)14-22(20)34/h6-14,25-26,28,38H,15H2,1-5H3,(H,37,39)/t25-,26-,28-,31-/m0/s1. The Bertz CT molecular complexity index is 1480. The van der Waals surface area contributed by atoms with E-state index in [-0.39, 0.29) is 26.6 Å². The number of nitrogens with one attached hydrogen (secondary N) is 2. The highest BCUT2D eigenvalue weighted by Gasteiger charge is 2.61. The van der Waals surface area contributed by atoms with Gasteiger partial charge in [-0.3, -0.25) is 4.79 Å². The van der Waals surface area contributed by atoms with E-state index in [1.54, 1.807) is 18.2 Å². The van der Waals surface area contributed by atoms with E-state index in [4.69, 9.17) is 27.9 Å². The van der Waals surface area contributed by atoms with Crippen molar-refractivity contribution in [3.63, 3.8) is 0 Å². The molecule has 0 aromatic heterocycles. The average molecular weight is 587 g/mol. The second kappa shape index (κ2) is 11.4. The molecule has 210 valence electrons. The van der Waals surface area contributed by atoms with E-state index >= 15 is 8.78 Å². The van der Waals surface area contributed by atoms with Crippen LogP contribution in [0.2, 0.25) is 10.0 Å². The quantitative estimate of drug-likeness (QED) is 0.313. The smallest absolute Gasteiger partial charge is 0.242 e. The maximum absolute atomic E-state index is 15.8. The molecule has 4 rings (SSSR count). The number of amides is 1. The summed E-state index contributed by atoms with van der Waals surface area (Å²) in [5, 5.41) is 17.1. The molecule has 1 amide bonds. The molecule has 4 atom stereocenters. The Hall–Kier alpha value is -3.18. The Balaban J connectivity index is 1.96. The van der Waals surface area contributed by atoms with Crippen LogP contribution in [0.15, 0.2) is 54.6 Å². The monoisotopic (exact) mass is 585 g/mol. The normalized spacial score (nSPS) is 22.6. The van der Waals surface area contributed by atoms with E-state index in [1.165, 1.54) is 31.4 Å². The van der Waals surface area contributed by atoms with Crippen LogP contribution in [0.5, 0.6) is 5.75 Å². The van der Waals surface area contributed by atoms with Crippen molar-refractivity contribution in [2.75, 3.05) is 12.4 Å². The number of halogens is 4. The average Bonchev–Trinajstić information content (AvgIpc) is 3.19. The number of benzene rings is 3. The number of rotatable bonds is 6. The molecule has 2 N–H and O–H groups in total. The topological polar surface area (TPSA) is 74.2 Å². The highest BCUT2D eigenvalue weighted by atomic mass is 35.5. The molecule has 0 saturated carbocycles. The first-order valence-electron chi connectivity index (χ1n) is 12.8. The third-order valence-electron chi connectivity index (χ3n) is 7.35. The lowest BCUT2D eigenvalue weighted by Crippen LogP contribution is -2.45. The van der Waals surface area contributed by atoms with Crippen molar-refractivity contribution >= 4 is 34.8 Å². The summed E-state index contributed by atoms with van der Waals surface area (Å²) in [6.07, 6.45) is 0.374. The zero-order valence-corrected chi connectivity index (χ0v) is 24.4. The molecule has 1 heterocycles. The lowest BCUT2D eigenvalue weighted by molar-refractivity contribution is -0.118. The van der Waals surface area contributed by atoms with Gasteiger partial charge in [0.25, 0.3) is 0 Å². The number of hydrogen-bond donors (Lipinski definition) is 2. The summed E-state index contributed by atoms with van der Waals surface area (Å²) < 4.78 is 36.9. The number of carbonyl (C=O) groups excluding carboxylic acids is 1.